The molecule has 0 aliphatic heterocycles. The molecule has 0 aliphatic carbocycles. The fourth-order valence-corrected chi connectivity index (χ4v) is 3.93. The van der Waals surface area contributed by atoms with Gasteiger partial charge in [0.25, 0.3) is 0 Å². The van der Waals surface area contributed by atoms with E-state index in [0.717, 1.165) is 31.3 Å². The number of aromatic nitrogens is 2. The number of nitrogens with zero attached hydrogens (tertiary/aromatic N) is 2. The van der Waals surface area contributed by atoms with Crippen molar-refractivity contribution < 1.29 is 9.13 Å². The Kier molecular flexibility index (Phi) is 3.16. The quantitative estimate of drug-likeness (QED) is 0.586. The van der Waals surface area contributed by atoms with Gasteiger partial charge in [-0.05, 0) is 30.3 Å². The Morgan fingerprint density at radius 3 is 2.55 bits per heavy atom. The average Bonchev–Trinajstić information content (AvgIpc) is 3.08. The first kappa shape index (κ1) is 13.4. The number of hydrogen-bond acceptors (Lipinski definition) is 6. The third kappa shape index (κ3) is 2.38. The number of thiazole rings is 2. The lowest BCUT2D eigenvalue weighted by atomic mass is 10.3. The topological polar surface area (TPSA) is 47.0 Å². The average molecular weight is 331 g/mol. The van der Waals surface area contributed by atoms with E-state index < -0.39 is 0 Å². The maximum Gasteiger partial charge on any atom is 0.190 e. The summed E-state index contributed by atoms with van der Waals surface area (Å²) in [6, 6.07) is 10.4. The molecule has 0 fully saturated rings. The van der Waals surface area contributed by atoms with Crippen molar-refractivity contribution in [2.24, 2.45) is 0 Å². The highest BCUT2D eigenvalue weighted by atomic mass is 32.1. The van der Waals surface area contributed by atoms with Crippen LogP contribution in [-0.2, 0) is 0 Å². The molecule has 22 heavy (non-hydrogen) atoms. The predicted octanol–water partition coefficient (Wildman–Crippen LogP) is 4.80. The van der Waals surface area contributed by atoms with Crippen molar-refractivity contribution in [2.75, 3.05) is 12.4 Å². The fraction of sp³-hybridized carbons (Fsp3) is 0.0667. The smallest absolute Gasteiger partial charge is 0.190 e. The summed E-state index contributed by atoms with van der Waals surface area (Å²) in [6.07, 6.45) is 0. The normalized spacial score (nSPS) is 11.2. The minimum Gasteiger partial charge on any atom is -0.497 e. The largest absolute Gasteiger partial charge is 0.497 e. The molecule has 0 aliphatic rings. The molecule has 7 heteroatoms. The van der Waals surface area contributed by atoms with Crippen LogP contribution in [0.1, 0.15) is 0 Å². The summed E-state index contributed by atoms with van der Waals surface area (Å²) in [6.45, 7) is 0. The first-order valence-electron chi connectivity index (χ1n) is 6.49. The predicted molar refractivity (Wildman–Crippen MR) is 89.0 cm³/mol. The Hall–Kier alpha value is -2.25. The van der Waals surface area contributed by atoms with Gasteiger partial charge in [0.15, 0.2) is 10.3 Å². The van der Waals surface area contributed by atoms with E-state index in [1.807, 2.05) is 18.2 Å². The number of rotatable bonds is 3. The highest BCUT2D eigenvalue weighted by Crippen LogP contribution is 2.33. The van der Waals surface area contributed by atoms with E-state index in [2.05, 4.69) is 15.3 Å². The van der Waals surface area contributed by atoms with Gasteiger partial charge in [0.1, 0.15) is 11.6 Å². The van der Waals surface area contributed by atoms with E-state index in [1.54, 1.807) is 13.2 Å². The van der Waals surface area contributed by atoms with Crippen LogP contribution in [0.25, 0.3) is 20.4 Å². The van der Waals surface area contributed by atoms with E-state index in [-0.39, 0.29) is 5.82 Å². The number of benzene rings is 2. The molecule has 0 radical (unpaired) electrons. The van der Waals surface area contributed by atoms with Crippen LogP contribution in [0.15, 0.2) is 36.4 Å². The van der Waals surface area contributed by atoms with Crippen molar-refractivity contribution in [1.29, 1.82) is 0 Å². The zero-order chi connectivity index (χ0) is 15.1. The number of anilines is 2. The zero-order valence-corrected chi connectivity index (χ0v) is 13.1. The Bertz CT molecular complexity index is 979. The first-order valence-corrected chi connectivity index (χ1v) is 8.12. The van der Waals surface area contributed by atoms with Crippen LogP contribution in [-0.4, -0.2) is 17.1 Å². The molecule has 4 nitrogen and oxygen atoms in total. The molecule has 0 saturated heterocycles. The monoisotopic (exact) mass is 331 g/mol. The Morgan fingerprint density at radius 1 is 0.955 bits per heavy atom. The van der Waals surface area contributed by atoms with Crippen LogP contribution in [0, 0.1) is 5.82 Å². The van der Waals surface area contributed by atoms with E-state index in [1.165, 1.54) is 34.8 Å². The summed E-state index contributed by atoms with van der Waals surface area (Å²) in [5.74, 6) is 0.523. The van der Waals surface area contributed by atoms with Crippen molar-refractivity contribution >= 4 is 53.4 Å². The summed E-state index contributed by atoms with van der Waals surface area (Å²) in [7, 11) is 1.63. The lowest BCUT2D eigenvalue weighted by Crippen LogP contribution is -1.87. The second-order valence-electron chi connectivity index (χ2n) is 4.61. The Morgan fingerprint density at radius 2 is 1.73 bits per heavy atom. The van der Waals surface area contributed by atoms with Crippen LogP contribution in [0.3, 0.4) is 0 Å². The molecule has 2 aromatic carbocycles. The maximum atomic E-state index is 13.2. The van der Waals surface area contributed by atoms with Crippen LogP contribution in [0.2, 0.25) is 0 Å². The van der Waals surface area contributed by atoms with Gasteiger partial charge in [0.05, 0.1) is 27.5 Å². The summed E-state index contributed by atoms with van der Waals surface area (Å²) in [5, 5.41) is 4.64. The van der Waals surface area contributed by atoms with E-state index in [9.17, 15) is 4.39 Å². The molecule has 4 rings (SSSR count). The molecule has 110 valence electrons. The molecular formula is C15H10FN3OS2. The number of nitrogens with one attached hydrogen (secondary N) is 1. The van der Waals surface area contributed by atoms with Gasteiger partial charge in [0, 0.05) is 6.07 Å². The van der Waals surface area contributed by atoms with Crippen LogP contribution in [0.4, 0.5) is 14.7 Å². The molecule has 0 bridgehead atoms. The zero-order valence-electron chi connectivity index (χ0n) is 11.5. The van der Waals surface area contributed by atoms with Gasteiger partial charge >= 0.3 is 0 Å². The third-order valence-electron chi connectivity index (χ3n) is 3.16. The molecular weight excluding hydrogens is 321 g/mol. The summed E-state index contributed by atoms with van der Waals surface area (Å²) >= 11 is 2.94. The maximum absolute atomic E-state index is 13.2. The van der Waals surface area contributed by atoms with Crippen molar-refractivity contribution in [3.05, 3.63) is 42.2 Å². The van der Waals surface area contributed by atoms with Crippen molar-refractivity contribution in [3.63, 3.8) is 0 Å². The summed E-state index contributed by atoms with van der Waals surface area (Å²) in [4.78, 5) is 8.96. The van der Waals surface area contributed by atoms with E-state index in [0.29, 0.717) is 5.13 Å². The van der Waals surface area contributed by atoms with Crippen molar-refractivity contribution in [1.82, 2.24) is 9.97 Å². The van der Waals surface area contributed by atoms with Gasteiger partial charge in [-0.15, -0.1) is 0 Å². The lowest BCUT2D eigenvalue weighted by Gasteiger charge is -1.96. The van der Waals surface area contributed by atoms with E-state index >= 15 is 0 Å². The summed E-state index contributed by atoms with van der Waals surface area (Å²) < 4.78 is 20.3. The van der Waals surface area contributed by atoms with Crippen LogP contribution >= 0.6 is 22.7 Å². The second-order valence-corrected chi connectivity index (χ2v) is 6.67. The number of hydrogen-bond donors (Lipinski definition) is 1. The number of ether oxygens (including phenoxy) is 1. The molecule has 0 amide bonds. The minimum atomic E-state index is -0.255. The van der Waals surface area contributed by atoms with Gasteiger partial charge < -0.3 is 10.1 Å². The summed E-state index contributed by atoms with van der Waals surface area (Å²) in [5.41, 5.74) is 1.65. The standard InChI is InChI=1S/C15H10FN3OS2/c1-20-9-3-5-12-11(7-9)18-15(21-12)19-14-17-10-4-2-8(16)6-13(10)22-14/h2-7H,1H3,(H,17,18,19). The van der Waals surface area contributed by atoms with Gasteiger partial charge in [-0.3, -0.25) is 0 Å². The first-order chi connectivity index (χ1) is 10.7. The molecule has 0 unspecified atom stereocenters. The Balaban J connectivity index is 1.69. The Labute approximate surface area is 133 Å². The van der Waals surface area contributed by atoms with Crippen LogP contribution in [0.5, 0.6) is 5.75 Å². The van der Waals surface area contributed by atoms with Gasteiger partial charge in [0.2, 0.25) is 0 Å². The van der Waals surface area contributed by atoms with Crippen molar-refractivity contribution in [3.8, 4) is 5.75 Å². The van der Waals surface area contributed by atoms with Crippen molar-refractivity contribution in [2.45, 2.75) is 0 Å². The molecule has 2 heterocycles. The fourth-order valence-electron chi connectivity index (χ4n) is 2.13. The van der Waals surface area contributed by atoms with Gasteiger partial charge in [-0.1, -0.05) is 22.7 Å². The molecule has 0 atom stereocenters. The number of fused-ring (bicyclic) bond motifs is 2. The minimum absolute atomic E-state index is 0.255. The molecule has 0 saturated carbocycles. The highest BCUT2D eigenvalue weighted by Gasteiger charge is 2.09. The molecule has 1 N–H and O–H groups in total. The van der Waals surface area contributed by atoms with Gasteiger partial charge in [-0.2, -0.15) is 0 Å². The van der Waals surface area contributed by atoms with Gasteiger partial charge in [-0.25, -0.2) is 14.4 Å². The highest BCUT2D eigenvalue weighted by molar-refractivity contribution is 7.24. The second kappa shape index (κ2) is 5.19. The van der Waals surface area contributed by atoms with Crippen LogP contribution < -0.4 is 10.1 Å². The lowest BCUT2D eigenvalue weighted by molar-refractivity contribution is 0.415. The molecule has 0 spiro atoms. The molecule has 4 aromatic rings. The third-order valence-corrected chi connectivity index (χ3v) is 5.04. The number of halogens is 1. The SMILES string of the molecule is COc1ccc2sc(Nc3nc4ccc(F)cc4s3)nc2c1. The number of methoxy groups -OCH3 is 1. The van der Waals surface area contributed by atoms with E-state index in [4.69, 9.17) is 4.74 Å². The molecule has 2 aromatic heterocycles.